The normalized spacial score (nSPS) is 10.1. The monoisotopic (exact) mass is 247 g/mol. The SMILES string of the molecule is N#Cc1nn(-c2ccc(F)cc2)nc1NCCO. The van der Waals surface area contributed by atoms with E-state index in [4.69, 9.17) is 10.4 Å². The predicted octanol–water partition coefficient (Wildman–Crippen LogP) is 0.682. The van der Waals surface area contributed by atoms with Crippen molar-refractivity contribution in [3.05, 3.63) is 35.8 Å². The van der Waals surface area contributed by atoms with E-state index in [1.165, 1.54) is 29.1 Å². The molecule has 0 spiro atoms. The predicted molar refractivity (Wildman–Crippen MR) is 61.6 cm³/mol. The zero-order chi connectivity index (χ0) is 13.0. The van der Waals surface area contributed by atoms with Crippen molar-refractivity contribution in [3.63, 3.8) is 0 Å². The lowest BCUT2D eigenvalue weighted by molar-refractivity contribution is 0.311. The molecule has 2 N–H and O–H groups in total. The molecule has 6 nitrogen and oxygen atoms in total. The molecule has 0 atom stereocenters. The highest BCUT2D eigenvalue weighted by Gasteiger charge is 2.11. The number of halogens is 1. The minimum Gasteiger partial charge on any atom is -0.395 e. The summed E-state index contributed by atoms with van der Waals surface area (Å²) in [5.74, 6) is -0.0686. The van der Waals surface area contributed by atoms with Crippen molar-refractivity contribution in [3.8, 4) is 11.8 Å². The lowest BCUT2D eigenvalue weighted by atomic mass is 10.3. The van der Waals surface area contributed by atoms with Crippen molar-refractivity contribution in [1.29, 1.82) is 5.26 Å². The molecule has 0 fully saturated rings. The highest BCUT2D eigenvalue weighted by Crippen LogP contribution is 2.12. The van der Waals surface area contributed by atoms with Gasteiger partial charge in [0.05, 0.1) is 12.3 Å². The topological polar surface area (TPSA) is 86.8 Å². The van der Waals surface area contributed by atoms with E-state index in [1.54, 1.807) is 0 Å². The van der Waals surface area contributed by atoms with E-state index in [1.807, 2.05) is 6.07 Å². The summed E-state index contributed by atoms with van der Waals surface area (Å²) in [6.07, 6.45) is 0. The fraction of sp³-hybridized carbons (Fsp3) is 0.182. The van der Waals surface area contributed by atoms with Crippen LogP contribution in [0.15, 0.2) is 24.3 Å². The number of nitrogens with one attached hydrogen (secondary N) is 1. The van der Waals surface area contributed by atoms with Crippen LogP contribution in [-0.2, 0) is 0 Å². The first-order valence-corrected chi connectivity index (χ1v) is 5.22. The highest BCUT2D eigenvalue weighted by molar-refractivity contribution is 5.47. The minimum absolute atomic E-state index is 0.0751. The van der Waals surface area contributed by atoms with Crippen LogP contribution in [0.2, 0.25) is 0 Å². The summed E-state index contributed by atoms with van der Waals surface area (Å²) in [5, 5.41) is 28.4. The molecule has 0 aliphatic heterocycles. The summed E-state index contributed by atoms with van der Waals surface area (Å²) in [7, 11) is 0. The van der Waals surface area contributed by atoms with E-state index < -0.39 is 0 Å². The number of rotatable bonds is 4. The number of aromatic nitrogens is 3. The second-order valence-electron chi connectivity index (χ2n) is 3.43. The summed E-state index contributed by atoms with van der Waals surface area (Å²) in [6.45, 7) is 0.199. The summed E-state index contributed by atoms with van der Waals surface area (Å²) >= 11 is 0. The third kappa shape index (κ3) is 2.44. The van der Waals surface area contributed by atoms with Crippen LogP contribution in [0.3, 0.4) is 0 Å². The standard InChI is InChI=1S/C11H10FN5O/c12-8-1-3-9(4-2-8)17-15-10(7-13)11(16-17)14-5-6-18/h1-4,18H,5-6H2,(H,14,16). The van der Waals surface area contributed by atoms with Gasteiger partial charge in [-0.25, -0.2) is 4.39 Å². The summed E-state index contributed by atoms with van der Waals surface area (Å²) in [5.41, 5.74) is 0.665. The van der Waals surface area contributed by atoms with Gasteiger partial charge in [-0.2, -0.15) is 5.26 Å². The van der Waals surface area contributed by atoms with Crippen molar-refractivity contribution >= 4 is 5.82 Å². The van der Waals surface area contributed by atoms with Crippen molar-refractivity contribution in [2.75, 3.05) is 18.5 Å². The van der Waals surface area contributed by atoms with Crippen LogP contribution in [0.25, 0.3) is 5.69 Å². The first-order chi connectivity index (χ1) is 8.74. The molecule has 0 aliphatic carbocycles. The van der Waals surface area contributed by atoms with Crippen molar-refractivity contribution < 1.29 is 9.50 Å². The van der Waals surface area contributed by atoms with Gasteiger partial charge in [0.25, 0.3) is 0 Å². The number of hydrogen-bond donors (Lipinski definition) is 2. The molecule has 7 heteroatoms. The molecule has 1 heterocycles. The Morgan fingerprint density at radius 1 is 1.33 bits per heavy atom. The van der Waals surface area contributed by atoms with Crippen molar-refractivity contribution in [1.82, 2.24) is 15.0 Å². The van der Waals surface area contributed by atoms with Gasteiger partial charge in [-0.15, -0.1) is 15.0 Å². The zero-order valence-electron chi connectivity index (χ0n) is 9.34. The van der Waals surface area contributed by atoms with Gasteiger partial charge in [-0.1, -0.05) is 0 Å². The number of hydrogen-bond acceptors (Lipinski definition) is 5. The maximum absolute atomic E-state index is 12.8. The molecular formula is C11H10FN5O. The summed E-state index contributed by atoms with van der Waals surface area (Å²) in [6, 6.07) is 7.47. The van der Waals surface area contributed by atoms with E-state index in [9.17, 15) is 4.39 Å². The molecular weight excluding hydrogens is 237 g/mol. The Hall–Kier alpha value is -2.46. The lowest BCUT2D eigenvalue weighted by Crippen LogP contribution is -2.07. The molecule has 1 aromatic heterocycles. The van der Waals surface area contributed by atoms with Gasteiger partial charge in [0.2, 0.25) is 5.69 Å². The van der Waals surface area contributed by atoms with E-state index in [0.717, 1.165) is 0 Å². The number of nitrogens with zero attached hydrogens (tertiary/aromatic N) is 4. The van der Waals surface area contributed by atoms with E-state index in [-0.39, 0.29) is 30.5 Å². The first-order valence-electron chi connectivity index (χ1n) is 5.22. The average Bonchev–Trinajstić information content (AvgIpc) is 2.80. The highest BCUT2D eigenvalue weighted by atomic mass is 19.1. The number of anilines is 1. The molecule has 18 heavy (non-hydrogen) atoms. The Balaban J connectivity index is 2.32. The Morgan fingerprint density at radius 2 is 2.06 bits per heavy atom. The fourth-order valence-corrected chi connectivity index (χ4v) is 1.37. The first kappa shape index (κ1) is 12.0. The van der Waals surface area contributed by atoms with Crippen LogP contribution in [0, 0.1) is 17.1 Å². The zero-order valence-corrected chi connectivity index (χ0v) is 9.34. The van der Waals surface area contributed by atoms with Gasteiger partial charge in [0.1, 0.15) is 11.9 Å². The van der Waals surface area contributed by atoms with Gasteiger partial charge in [0.15, 0.2) is 5.82 Å². The maximum atomic E-state index is 12.8. The quantitative estimate of drug-likeness (QED) is 0.829. The van der Waals surface area contributed by atoms with Crippen molar-refractivity contribution in [2.24, 2.45) is 0 Å². The number of benzene rings is 1. The Kier molecular flexibility index (Phi) is 3.50. The number of nitriles is 1. The molecule has 0 unspecified atom stereocenters. The van der Waals surface area contributed by atoms with Crippen LogP contribution in [0.4, 0.5) is 10.2 Å². The van der Waals surface area contributed by atoms with Gasteiger partial charge < -0.3 is 10.4 Å². The molecule has 2 rings (SSSR count). The smallest absolute Gasteiger partial charge is 0.207 e. The molecule has 0 aliphatic rings. The largest absolute Gasteiger partial charge is 0.395 e. The molecule has 0 saturated carbocycles. The molecule has 0 bridgehead atoms. The minimum atomic E-state index is -0.356. The molecule has 1 aromatic carbocycles. The van der Waals surface area contributed by atoms with Gasteiger partial charge >= 0.3 is 0 Å². The molecule has 0 amide bonds. The van der Waals surface area contributed by atoms with Crippen molar-refractivity contribution in [2.45, 2.75) is 0 Å². The molecule has 92 valence electrons. The van der Waals surface area contributed by atoms with Gasteiger partial charge in [0, 0.05) is 6.54 Å². The Morgan fingerprint density at radius 3 is 2.67 bits per heavy atom. The van der Waals surface area contributed by atoms with E-state index in [0.29, 0.717) is 5.69 Å². The molecule has 2 aromatic rings. The van der Waals surface area contributed by atoms with Crippen LogP contribution in [0.5, 0.6) is 0 Å². The lowest BCUT2D eigenvalue weighted by Gasteiger charge is -1.99. The van der Waals surface area contributed by atoms with Crippen LogP contribution < -0.4 is 5.32 Å². The summed E-state index contributed by atoms with van der Waals surface area (Å²) in [4.78, 5) is 1.23. The van der Waals surface area contributed by atoms with Crippen LogP contribution >= 0.6 is 0 Å². The Bertz CT molecular complexity index is 572. The number of aliphatic hydroxyl groups is 1. The van der Waals surface area contributed by atoms with Gasteiger partial charge in [-0.3, -0.25) is 0 Å². The number of aliphatic hydroxyl groups excluding tert-OH is 1. The third-order valence-electron chi connectivity index (χ3n) is 2.18. The molecule has 0 radical (unpaired) electrons. The average molecular weight is 247 g/mol. The summed E-state index contributed by atoms with van der Waals surface area (Å²) < 4.78 is 12.8. The second kappa shape index (κ2) is 5.25. The Labute approximate surface area is 102 Å². The maximum Gasteiger partial charge on any atom is 0.207 e. The fourth-order valence-electron chi connectivity index (χ4n) is 1.37. The van der Waals surface area contributed by atoms with Crippen LogP contribution in [0.1, 0.15) is 5.69 Å². The third-order valence-corrected chi connectivity index (χ3v) is 2.18. The van der Waals surface area contributed by atoms with E-state index in [2.05, 4.69) is 15.5 Å². The van der Waals surface area contributed by atoms with Gasteiger partial charge in [-0.05, 0) is 24.3 Å². The van der Waals surface area contributed by atoms with E-state index >= 15 is 0 Å². The molecule has 0 saturated heterocycles. The second-order valence-corrected chi connectivity index (χ2v) is 3.43. The van der Waals surface area contributed by atoms with Crippen LogP contribution in [-0.4, -0.2) is 33.3 Å².